The van der Waals surface area contributed by atoms with Crippen molar-refractivity contribution >= 4 is 11.7 Å². The lowest BCUT2D eigenvalue weighted by Gasteiger charge is -2.43. The van der Waals surface area contributed by atoms with E-state index in [4.69, 9.17) is 4.74 Å². The zero-order valence-electron chi connectivity index (χ0n) is 12.0. The molecule has 1 unspecified atom stereocenters. The molecule has 1 atom stereocenters. The van der Waals surface area contributed by atoms with Crippen molar-refractivity contribution in [1.82, 2.24) is 4.98 Å². The molecule has 1 aliphatic heterocycles. The molecule has 1 aromatic heterocycles. The van der Waals surface area contributed by atoms with Crippen LogP contribution < -0.4 is 4.90 Å². The van der Waals surface area contributed by atoms with Crippen LogP contribution in [0, 0.1) is 6.92 Å². The maximum atomic E-state index is 11.3. The third-order valence-corrected chi connectivity index (χ3v) is 3.27. The number of hydrogen-bond donors (Lipinski definition) is 2. The van der Waals surface area contributed by atoms with E-state index in [0.717, 1.165) is 5.69 Å². The first kappa shape index (κ1) is 14.7. The topological polar surface area (TPSA) is 82.9 Å². The summed E-state index contributed by atoms with van der Waals surface area (Å²) in [5, 5.41) is 18.6. The number of aryl methyl sites for hydroxylation is 1. The molecule has 1 aliphatic rings. The summed E-state index contributed by atoms with van der Waals surface area (Å²) in [6.45, 7) is 6.61. The largest absolute Gasteiger partial charge is 0.478 e. The van der Waals surface area contributed by atoms with Gasteiger partial charge >= 0.3 is 5.97 Å². The van der Waals surface area contributed by atoms with E-state index in [-0.39, 0.29) is 18.3 Å². The van der Waals surface area contributed by atoms with E-state index >= 15 is 0 Å². The van der Waals surface area contributed by atoms with E-state index in [2.05, 4.69) is 4.98 Å². The van der Waals surface area contributed by atoms with Gasteiger partial charge in [-0.25, -0.2) is 4.79 Å². The minimum Gasteiger partial charge on any atom is -0.478 e. The van der Waals surface area contributed by atoms with Crippen molar-refractivity contribution in [2.24, 2.45) is 0 Å². The number of aromatic nitrogens is 1. The second-order valence-electron chi connectivity index (χ2n) is 5.71. The number of rotatable bonds is 3. The Hall–Kier alpha value is -1.66. The van der Waals surface area contributed by atoms with Crippen molar-refractivity contribution in [1.29, 1.82) is 0 Å². The molecule has 20 heavy (non-hydrogen) atoms. The van der Waals surface area contributed by atoms with Crippen LogP contribution in [0.3, 0.4) is 0 Å². The van der Waals surface area contributed by atoms with Gasteiger partial charge in [0.15, 0.2) is 0 Å². The van der Waals surface area contributed by atoms with Gasteiger partial charge in [-0.3, -0.25) is 4.98 Å². The van der Waals surface area contributed by atoms with Crippen LogP contribution in [0.5, 0.6) is 0 Å². The van der Waals surface area contributed by atoms with Gasteiger partial charge in [-0.2, -0.15) is 0 Å². The number of carboxylic acids is 1. The molecule has 1 saturated heterocycles. The molecule has 0 spiro atoms. The van der Waals surface area contributed by atoms with Crippen LogP contribution in [0.1, 0.15) is 29.9 Å². The van der Waals surface area contributed by atoms with Crippen molar-refractivity contribution < 1.29 is 19.7 Å². The summed E-state index contributed by atoms with van der Waals surface area (Å²) in [5.74, 6) is -1.00. The van der Waals surface area contributed by atoms with Gasteiger partial charge in [0.2, 0.25) is 0 Å². The number of hydrogen-bond acceptors (Lipinski definition) is 5. The Morgan fingerprint density at radius 1 is 1.60 bits per heavy atom. The Morgan fingerprint density at radius 3 is 2.90 bits per heavy atom. The Kier molecular flexibility index (Phi) is 3.96. The monoisotopic (exact) mass is 280 g/mol. The van der Waals surface area contributed by atoms with Crippen LogP contribution in [0.25, 0.3) is 0 Å². The summed E-state index contributed by atoms with van der Waals surface area (Å²) >= 11 is 0. The fraction of sp³-hybridized carbons (Fsp3) is 0.571. The molecule has 1 aromatic rings. The number of nitrogens with zero attached hydrogens (tertiary/aromatic N) is 2. The number of carbonyl (C=O) groups is 1. The van der Waals surface area contributed by atoms with Gasteiger partial charge in [0, 0.05) is 25.0 Å². The zero-order valence-corrected chi connectivity index (χ0v) is 12.0. The van der Waals surface area contributed by atoms with Gasteiger partial charge in [0.25, 0.3) is 0 Å². The summed E-state index contributed by atoms with van der Waals surface area (Å²) in [6, 6.07) is 1.76. The molecular weight excluding hydrogens is 260 g/mol. The molecule has 0 aromatic carbocycles. The lowest BCUT2D eigenvalue weighted by Crippen LogP contribution is -2.54. The van der Waals surface area contributed by atoms with E-state index in [1.54, 1.807) is 6.07 Å². The average Bonchev–Trinajstić information content (AvgIpc) is 2.36. The van der Waals surface area contributed by atoms with Crippen LogP contribution >= 0.6 is 0 Å². The zero-order chi connectivity index (χ0) is 14.9. The lowest BCUT2D eigenvalue weighted by molar-refractivity contribution is -0.101. The SMILES string of the molecule is Cc1cc(N2CC(CO)OC(C)(C)C2)c(C(=O)O)cn1. The molecule has 1 fully saturated rings. The molecule has 0 amide bonds. The Labute approximate surface area is 118 Å². The summed E-state index contributed by atoms with van der Waals surface area (Å²) in [7, 11) is 0. The number of aliphatic hydroxyl groups excluding tert-OH is 1. The first-order chi connectivity index (χ1) is 9.32. The van der Waals surface area contributed by atoms with Crippen molar-refractivity contribution in [3.8, 4) is 0 Å². The molecule has 2 N–H and O–H groups in total. The molecule has 0 saturated carbocycles. The maximum absolute atomic E-state index is 11.3. The van der Waals surface area contributed by atoms with Crippen molar-refractivity contribution in [2.75, 3.05) is 24.6 Å². The van der Waals surface area contributed by atoms with E-state index in [9.17, 15) is 15.0 Å². The van der Waals surface area contributed by atoms with Crippen molar-refractivity contribution in [3.05, 3.63) is 23.5 Å². The van der Waals surface area contributed by atoms with Gasteiger partial charge in [-0.1, -0.05) is 0 Å². The molecule has 2 heterocycles. The lowest BCUT2D eigenvalue weighted by atomic mass is 10.0. The van der Waals surface area contributed by atoms with Crippen LogP contribution in [0.15, 0.2) is 12.3 Å². The molecule has 6 heteroatoms. The summed E-state index contributed by atoms with van der Waals surface area (Å²) in [4.78, 5) is 17.3. The van der Waals surface area contributed by atoms with Crippen LogP contribution in [0.2, 0.25) is 0 Å². The average molecular weight is 280 g/mol. The standard InChI is InChI=1S/C14H20N2O4/c1-9-4-12(11(5-15-9)13(18)19)16-6-10(7-17)20-14(2,3)8-16/h4-5,10,17H,6-8H2,1-3H3,(H,18,19). The van der Waals surface area contributed by atoms with Crippen LogP contribution in [0.4, 0.5) is 5.69 Å². The highest BCUT2D eigenvalue weighted by Crippen LogP contribution is 2.28. The summed E-state index contributed by atoms with van der Waals surface area (Å²) in [6.07, 6.45) is 1.05. The number of carboxylic acid groups (broad SMARTS) is 1. The number of aromatic carboxylic acids is 1. The Balaban J connectivity index is 2.39. The van der Waals surface area contributed by atoms with Gasteiger partial charge in [0.1, 0.15) is 5.56 Å². The highest BCUT2D eigenvalue weighted by molar-refractivity contribution is 5.94. The quantitative estimate of drug-likeness (QED) is 0.861. The number of anilines is 1. The molecule has 0 aliphatic carbocycles. The molecular formula is C14H20N2O4. The fourth-order valence-electron chi connectivity index (χ4n) is 2.55. The van der Waals surface area contributed by atoms with Gasteiger partial charge in [-0.15, -0.1) is 0 Å². The number of aliphatic hydroxyl groups is 1. The predicted octanol–water partition coefficient (Wildman–Crippen LogP) is 1.06. The normalized spacial score (nSPS) is 21.8. The van der Waals surface area contributed by atoms with Gasteiger partial charge in [0.05, 0.1) is 24.0 Å². The third kappa shape index (κ3) is 3.08. The number of morpholine rings is 1. The maximum Gasteiger partial charge on any atom is 0.339 e. The molecule has 2 rings (SSSR count). The smallest absolute Gasteiger partial charge is 0.339 e. The summed E-state index contributed by atoms with van der Waals surface area (Å²) < 4.78 is 5.75. The number of ether oxygens (including phenoxy) is 1. The molecule has 110 valence electrons. The second kappa shape index (κ2) is 5.38. The highest BCUT2D eigenvalue weighted by Gasteiger charge is 2.34. The van der Waals surface area contributed by atoms with Gasteiger partial charge in [-0.05, 0) is 26.8 Å². The van der Waals surface area contributed by atoms with E-state index in [1.165, 1.54) is 6.20 Å². The first-order valence-electron chi connectivity index (χ1n) is 6.56. The molecule has 0 bridgehead atoms. The minimum atomic E-state index is -1.00. The Bertz CT molecular complexity index is 516. The number of pyridine rings is 1. The van der Waals surface area contributed by atoms with E-state index in [1.807, 2.05) is 25.7 Å². The third-order valence-electron chi connectivity index (χ3n) is 3.27. The molecule has 6 nitrogen and oxygen atoms in total. The van der Waals surface area contributed by atoms with Crippen molar-refractivity contribution in [2.45, 2.75) is 32.5 Å². The minimum absolute atomic E-state index is 0.0909. The van der Waals surface area contributed by atoms with Gasteiger partial charge < -0.3 is 19.8 Å². The van der Waals surface area contributed by atoms with Crippen LogP contribution in [-0.2, 0) is 4.74 Å². The van der Waals surface area contributed by atoms with E-state index in [0.29, 0.717) is 18.8 Å². The second-order valence-corrected chi connectivity index (χ2v) is 5.71. The van der Waals surface area contributed by atoms with Crippen LogP contribution in [-0.4, -0.2) is 52.6 Å². The first-order valence-corrected chi connectivity index (χ1v) is 6.56. The van der Waals surface area contributed by atoms with Crippen molar-refractivity contribution in [3.63, 3.8) is 0 Å². The highest BCUT2D eigenvalue weighted by atomic mass is 16.5. The Morgan fingerprint density at radius 2 is 2.30 bits per heavy atom. The fourth-order valence-corrected chi connectivity index (χ4v) is 2.55. The molecule has 0 radical (unpaired) electrons. The summed E-state index contributed by atoms with van der Waals surface area (Å²) in [5.41, 5.74) is 1.11. The predicted molar refractivity (Wildman–Crippen MR) is 74.2 cm³/mol. The van der Waals surface area contributed by atoms with E-state index < -0.39 is 11.6 Å².